The Hall–Kier alpha value is -1.38. The third kappa shape index (κ3) is 1.03. The number of hydrogen-bond acceptors (Lipinski definition) is 2. The van der Waals surface area contributed by atoms with E-state index >= 15 is 0 Å². The van der Waals surface area contributed by atoms with E-state index in [-0.39, 0.29) is 0 Å². The van der Waals surface area contributed by atoms with Gasteiger partial charge in [-0.2, -0.15) is 0 Å². The molecule has 2 heterocycles. The second kappa shape index (κ2) is 2.31. The van der Waals surface area contributed by atoms with Crippen LogP contribution in [0.25, 0.3) is 5.78 Å². The van der Waals surface area contributed by atoms with Gasteiger partial charge in [-0.05, 0) is 31.2 Å². The number of aromatic nitrogens is 3. The molecule has 1 aliphatic rings. The van der Waals surface area contributed by atoms with Crippen LogP contribution in [0.15, 0.2) is 18.6 Å². The fourth-order valence-electron chi connectivity index (χ4n) is 1.75. The molecule has 0 amide bonds. The van der Waals surface area contributed by atoms with Gasteiger partial charge in [-0.25, -0.2) is 9.97 Å². The van der Waals surface area contributed by atoms with Gasteiger partial charge in [0.25, 0.3) is 0 Å². The number of hydrogen-bond donors (Lipinski definition) is 0. The lowest BCUT2D eigenvalue weighted by Crippen LogP contribution is -1.96. The van der Waals surface area contributed by atoms with Gasteiger partial charge in [-0.1, -0.05) is 0 Å². The first kappa shape index (κ1) is 7.06. The minimum absolute atomic E-state index is 0.763. The quantitative estimate of drug-likeness (QED) is 0.659. The summed E-state index contributed by atoms with van der Waals surface area (Å²) >= 11 is 0. The van der Waals surface area contributed by atoms with E-state index in [0.29, 0.717) is 0 Å². The van der Waals surface area contributed by atoms with Crippen molar-refractivity contribution >= 4 is 5.78 Å². The second-order valence-electron chi connectivity index (χ2n) is 3.69. The zero-order chi connectivity index (χ0) is 8.84. The largest absolute Gasteiger partial charge is 0.291 e. The second-order valence-corrected chi connectivity index (χ2v) is 3.69. The SMILES string of the molecule is Cc1nc2nccn2cc1C1CC1. The van der Waals surface area contributed by atoms with Crippen LogP contribution in [0.3, 0.4) is 0 Å². The first-order valence-corrected chi connectivity index (χ1v) is 4.65. The number of aryl methyl sites for hydroxylation is 1. The summed E-state index contributed by atoms with van der Waals surface area (Å²) in [7, 11) is 0. The Kier molecular flexibility index (Phi) is 1.26. The highest BCUT2D eigenvalue weighted by Gasteiger charge is 2.26. The lowest BCUT2D eigenvalue weighted by atomic mass is 10.1. The molecule has 3 rings (SSSR count). The average Bonchev–Trinajstić information content (AvgIpc) is 2.85. The van der Waals surface area contributed by atoms with E-state index in [1.54, 1.807) is 6.20 Å². The third-order valence-corrected chi connectivity index (χ3v) is 2.63. The van der Waals surface area contributed by atoms with E-state index < -0.39 is 0 Å². The van der Waals surface area contributed by atoms with Crippen molar-refractivity contribution < 1.29 is 0 Å². The molecule has 3 heteroatoms. The molecule has 0 N–H and O–H groups in total. The Morgan fingerprint density at radius 1 is 1.46 bits per heavy atom. The molecule has 1 saturated carbocycles. The summed E-state index contributed by atoms with van der Waals surface area (Å²) in [5.74, 6) is 1.57. The maximum Gasteiger partial charge on any atom is 0.233 e. The molecule has 66 valence electrons. The third-order valence-electron chi connectivity index (χ3n) is 2.63. The molecule has 0 radical (unpaired) electrons. The summed E-state index contributed by atoms with van der Waals surface area (Å²) < 4.78 is 2.00. The predicted molar refractivity (Wildman–Crippen MR) is 49.7 cm³/mol. The Morgan fingerprint density at radius 3 is 3.08 bits per heavy atom. The normalized spacial score (nSPS) is 16.7. The Labute approximate surface area is 76.4 Å². The fraction of sp³-hybridized carbons (Fsp3) is 0.400. The zero-order valence-electron chi connectivity index (χ0n) is 7.57. The summed E-state index contributed by atoms with van der Waals surface area (Å²) in [5.41, 5.74) is 2.53. The van der Waals surface area contributed by atoms with E-state index in [1.165, 1.54) is 18.4 Å². The van der Waals surface area contributed by atoms with Gasteiger partial charge in [0.2, 0.25) is 5.78 Å². The highest BCUT2D eigenvalue weighted by molar-refractivity contribution is 5.35. The van der Waals surface area contributed by atoms with Crippen molar-refractivity contribution in [3.63, 3.8) is 0 Å². The topological polar surface area (TPSA) is 30.2 Å². The standard InChI is InChI=1S/C10H11N3/c1-7-9(8-2-3-8)6-13-5-4-11-10(13)12-7/h4-6,8H,2-3H2,1H3. The van der Waals surface area contributed by atoms with Crippen LogP contribution in [0, 0.1) is 6.92 Å². The smallest absolute Gasteiger partial charge is 0.233 e. The highest BCUT2D eigenvalue weighted by Crippen LogP contribution is 2.40. The van der Waals surface area contributed by atoms with Gasteiger partial charge in [0.05, 0.1) is 0 Å². The lowest BCUT2D eigenvalue weighted by Gasteiger charge is -2.03. The Bertz CT molecular complexity index is 454. The molecule has 2 aromatic heterocycles. The van der Waals surface area contributed by atoms with Crippen molar-refractivity contribution in [1.29, 1.82) is 0 Å². The van der Waals surface area contributed by atoms with Crippen molar-refractivity contribution in [2.45, 2.75) is 25.7 Å². The number of fused-ring (bicyclic) bond motifs is 1. The summed E-state index contributed by atoms with van der Waals surface area (Å²) in [6.45, 7) is 2.07. The van der Waals surface area contributed by atoms with Crippen molar-refractivity contribution in [2.75, 3.05) is 0 Å². The number of nitrogens with zero attached hydrogens (tertiary/aromatic N) is 3. The van der Waals surface area contributed by atoms with Crippen LogP contribution in [0.4, 0.5) is 0 Å². The van der Waals surface area contributed by atoms with Gasteiger partial charge in [-0.15, -0.1) is 0 Å². The van der Waals surface area contributed by atoms with E-state index in [1.807, 2.05) is 10.6 Å². The maximum atomic E-state index is 4.45. The molecule has 3 nitrogen and oxygen atoms in total. The molecule has 2 aromatic rings. The molecular formula is C10H11N3. The Balaban J connectivity index is 2.27. The molecular weight excluding hydrogens is 162 g/mol. The zero-order valence-corrected chi connectivity index (χ0v) is 7.57. The molecule has 0 saturated heterocycles. The maximum absolute atomic E-state index is 4.45. The molecule has 1 aliphatic carbocycles. The van der Waals surface area contributed by atoms with Gasteiger partial charge in [0.15, 0.2) is 0 Å². The number of imidazole rings is 1. The van der Waals surface area contributed by atoms with Crippen LogP contribution < -0.4 is 0 Å². The van der Waals surface area contributed by atoms with Crippen LogP contribution >= 0.6 is 0 Å². The first-order chi connectivity index (χ1) is 6.34. The summed E-state index contributed by atoms with van der Waals surface area (Å²) in [4.78, 5) is 8.60. The van der Waals surface area contributed by atoms with Crippen molar-refractivity contribution in [3.05, 3.63) is 29.8 Å². The Morgan fingerprint density at radius 2 is 2.31 bits per heavy atom. The van der Waals surface area contributed by atoms with Gasteiger partial charge in [0, 0.05) is 24.3 Å². The fourth-order valence-corrected chi connectivity index (χ4v) is 1.75. The van der Waals surface area contributed by atoms with E-state index in [2.05, 4.69) is 23.1 Å². The van der Waals surface area contributed by atoms with E-state index in [0.717, 1.165) is 17.4 Å². The van der Waals surface area contributed by atoms with Crippen molar-refractivity contribution in [1.82, 2.24) is 14.4 Å². The van der Waals surface area contributed by atoms with Crippen LogP contribution in [0.5, 0.6) is 0 Å². The molecule has 1 fully saturated rings. The summed E-state index contributed by atoms with van der Waals surface area (Å²) in [5, 5.41) is 0. The van der Waals surface area contributed by atoms with E-state index in [4.69, 9.17) is 0 Å². The molecule has 0 atom stereocenters. The average molecular weight is 173 g/mol. The number of rotatable bonds is 1. The van der Waals surface area contributed by atoms with Crippen molar-refractivity contribution in [3.8, 4) is 0 Å². The summed E-state index contributed by atoms with van der Waals surface area (Å²) in [6.07, 6.45) is 8.56. The van der Waals surface area contributed by atoms with Crippen molar-refractivity contribution in [2.24, 2.45) is 0 Å². The molecule has 0 unspecified atom stereocenters. The van der Waals surface area contributed by atoms with Crippen LogP contribution in [0.1, 0.15) is 30.0 Å². The molecule has 0 bridgehead atoms. The van der Waals surface area contributed by atoms with Gasteiger partial charge in [-0.3, -0.25) is 4.40 Å². The first-order valence-electron chi connectivity index (χ1n) is 4.65. The van der Waals surface area contributed by atoms with Crippen LogP contribution in [-0.4, -0.2) is 14.4 Å². The van der Waals surface area contributed by atoms with Gasteiger partial charge >= 0.3 is 0 Å². The minimum atomic E-state index is 0.763. The van der Waals surface area contributed by atoms with Crippen LogP contribution in [0.2, 0.25) is 0 Å². The highest BCUT2D eigenvalue weighted by atomic mass is 15.1. The molecule has 13 heavy (non-hydrogen) atoms. The van der Waals surface area contributed by atoms with Gasteiger partial charge < -0.3 is 0 Å². The molecule has 0 aromatic carbocycles. The monoisotopic (exact) mass is 173 g/mol. The van der Waals surface area contributed by atoms with E-state index in [9.17, 15) is 0 Å². The predicted octanol–water partition coefficient (Wildman–Crippen LogP) is 1.92. The minimum Gasteiger partial charge on any atom is -0.291 e. The molecule has 0 spiro atoms. The molecule has 0 aliphatic heterocycles. The summed E-state index contributed by atoms with van der Waals surface area (Å²) in [6, 6.07) is 0. The van der Waals surface area contributed by atoms with Crippen LogP contribution in [-0.2, 0) is 0 Å². The van der Waals surface area contributed by atoms with Gasteiger partial charge in [0.1, 0.15) is 0 Å². The lowest BCUT2D eigenvalue weighted by molar-refractivity contribution is 0.972.